The van der Waals surface area contributed by atoms with E-state index < -0.39 is 10.0 Å². The van der Waals surface area contributed by atoms with Gasteiger partial charge in [0.15, 0.2) is 0 Å². The van der Waals surface area contributed by atoms with Gasteiger partial charge in [0.05, 0.1) is 19.1 Å². The zero-order valence-corrected chi connectivity index (χ0v) is 16.0. The number of benzene rings is 2. The molecule has 2 aromatic carbocycles. The van der Waals surface area contributed by atoms with Crippen LogP contribution in [0.4, 0.5) is 5.69 Å². The Kier molecular flexibility index (Phi) is 6.63. The van der Waals surface area contributed by atoms with Gasteiger partial charge in [-0.05, 0) is 43.2 Å². The van der Waals surface area contributed by atoms with E-state index in [1.165, 1.54) is 0 Å². The first-order valence-corrected chi connectivity index (χ1v) is 10.1. The Morgan fingerprint density at radius 2 is 1.85 bits per heavy atom. The minimum Gasteiger partial charge on any atom is -0.497 e. The fraction of sp³-hybridized carbons (Fsp3) is 0.316. The second kappa shape index (κ2) is 8.71. The number of nitrogens with one attached hydrogen (secondary N) is 1. The van der Waals surface area contributed by atoms with Crippen LogP contribution in [0.1, 0.15) is 11.1 Å². The molecule has 0 aliphatic carbocycles. The first-order valence-electron chi connectivity index (χ1n) is 8.23. The molecular weight excluding hydrogens is 352 g/mol. The molecule has 0 unspecified atom stereocenters. The monoisotopic (exact) mass is 376 g/mol. The Labute approximate surface area is 154 Å². The van der Waals surface area contributed by atoms with Gasteiger partial charge in [0.1, 0.15) is 12.3 Å². The predicted molar refractivity (Wildman–Crippen MR) is 103 cm³/mol. The third-order valence-corrected chi connectivity index (χ3v) is 5.02. The van der Waals surface area contributed by atoms with Crippen LogP contribution in [0.3, 0.4) is 0 Å². The van der Waals surface area contributed by atoms with Gasteiger partial charge in [-0.15, -0.1) is 0 Å². The van der Waals surface area contributed by atoms with Crippen LogP contribution in [0, 0.1) is 6.92 Å². The van der Waals surface area contributed by atoms with E-state index in [1.54, 1.807) is 19.2 Å². The molecule has 2 aromatic rings. The lowest BCUT2D eigenvalue weighted by Gasteiger charge is -2.22. The van der Waals surface area contributed by atoms with Crippen molar-refractivity contribution in [3.8, 4) is 5.75 Å². The van der Waals surface area contributed by atoms with Gasteiger partial charge in [0.25, 0.3) is 0 Å². The Balaban J connectivity index is 1.96. The summed E-state index contributed by atoms with van der Waals surface area (Å²) in [5, 5.41) is 2.77. The highest BCUT2D eigenvalue weighted by molar-refractivity contribution is 7.92. The van der Waals surface area contributed by atoms with E-state index >= 15 is 0 Å². The van der Waals surface area contributed by atoms with Gasteiger partial charge in [-0.2, -0.15) is 0 Å². The Morgan fingerprint density at radius 3 is 2.46 bits per heavy atom. The van der Waals surface area contributed by atoms with E-state index in [4.69, 9.17) is 4.74 Å². The maximum atomic E-state index is 12.2. The van der Waals surface area contributed by atoms with Crippen molar-refractivity contribution in [2.75, 3.05) is 30.8 Å². The fourth-order valence-corrected chi connectivity index (χ4v) is 3.33. The zero-order valence-electron chi connectivity index (χ0n) is 15.2. The fourth-order valence-electron chi connectivity index (χ4n) is 2.47. The first-order chi connectivity index (χ1) is 12.3. The van der Waals surface area contributed by atoms with Crippen LogP contribution in [-0.4, -0.2) is 40.8 Å². The number of hydrogen-bond donors (Lipinski definition) is 1. The summed E-state index contributed by atoms with van der Waals surface area (Å²) in [5.41, 5.74) is 2.52. The van der Waals surface area contributed by atoms with E-state index in [-0.39, 0.29) is 12.5 Å². The summed E-state index contributed by atoms with van der Waals surface area (Å²) < 4.78 is 30.4. The molecule has 0 radical (unpaired) electrons. The molecule has 2 rings (SSSR count). The average molecular weight is 376 g/mol. The zero-order chi connectivity index (χ0) is 19.2. The molecule has 0 saturated carbocycles. The summed E-state index contributed by atoms with van der Waals surface area (Å²) in [5.74, 6) is 0.412. The number of nitrogens with zero attached hydrogens (tertiary/aromatic N) is 1. The van der Waals surface area contributed by atoms with Gasteiger partial charge in [0.2, 0.25) is 15.9 Å². The number of hydrogen-bond acceptors (Lipinski definition) is 4. The summed E-state index contributed by atoms with van der Waals surface area (Å²) in [4.78, 5) is 12.2. The number of rotatable bonds is 8. The third-order valence-electron chi connectivity index (χ3n) is 3.88. The lowest BCUT2D eigenvalue weighted by molar-refractivity contribution is -0.119. The van der Waals surface area contributed by atoms with Crippen LogP contribution in [0.25, 0.3) is 0 Å². The molecule has 7 heteroatoms. The molecule has 0 aliphatic heterocycles. The molecule has 0 fully saturated rings. The van der Waals surface area contributed by atoms with Crippen molar-refractivity contribution in [3.63, 3.8) is 0 Å². The van der Waals surface area contributed by atoms with Crippen molar-refractivity contribution >= 4 is 21.6 Å². The summed E-state index contributed by atoms with van der Waals surface area (Å²) in [6.45, 7) is 2.08. The molecule has 0 saturated heterocycles. The molecule has 0 bridgehead atoms. The minimum atomic E-state index is -3.56. The van der Waals surface area contributed by atoms with Crippen molar-refractivity contribution in [3.05, 3.63) is 59.7 Å². The Morgan fingerprint density at radius 1 is 1.15 bits per heavy atom. The van der Waals surface area contributed by atoms with Gasteiger partial charge in [-0.25, -0.2) is 8.42 Å². The quantitative estimate of drug-likeness (QED) is 0.766. The summed E-state index contributed by atoms with van der Waals surface area (Å²) >= 11 is 0. The number of amides is 1. The molecule has 0 heterocycles. The number of methoxy groups -OCH3 is 1. The molecule has 1 amide bonds. The first kappa shape index (κ1) is 19.8. The summed E-state index contributed by atoms with van der Waals surface area (Å²) in [6.07, 6.45) is 1.72. The number of anilines is 1. The van der Waals surface area contributed by atoms with Crippen LogP contribution in [-0.2, 0) is 21.2 Å². The lowest BCUT2D eigenvalue weighted by Crippen LogP contribution is -2.40. The lowest BCUT2D eigenvalue weighted by atomic mass is 10.1. The largest absolute Gasteiger partial charge is 0.497 e. The molecule has 1 N–H and O–H groups in total. The molecule has 0 spiro atoms. The Bertz CT molecular complexity index is 848. The van der Waals surface area contributed by atoms with Crippen molar-refractivity contribution in [1.82, 2.24) is 5.32 Å². The third kappa shape index (κ3) is 5.77. The van der Waals surface area contributed by atoms with Crippen molar-refractivity contribution < 1.29 is 17.9 Å². The smallest absolute Gasteiger partial charge is 0.240 e. The highest BCUT2D eigenvalue weighted by atomic mass is 32.2. The van der Waals surface area contributed by atoms with E-state index in [1.807, 2.05) is 43.3 Å². The van der Waals surface area contributed by atoms with E-state index in [9.17, 15) is 13.2 Å². The number of ether oxygens (including phenoxy) is 1. The van der Waals surface area contributed by atoms with Crippen molar-refractivity contribution in [2.24, 2.45) is 0 Å². The topological polar surface area (TPSA) is 75.7 Å². The highest BCUT2D eigenvalue weighted by Gasteiger charge is 2.20. The summed E-state index contributed by atoms with van der Waals surface area (Å²) in [6, 6.07) is 14.6. The van der Waals surface area contributed by atoms with E-state index in [0.717, 1.165) is 27.4 Å². The highest BCUT2D eigenvalue weighted by Crippen LogP contribution is 2.18. The molecule has 140 valence electrons. The van der Waals surface area contributed by atoms with Crippen LogP contribution >= 0.6 is 0 Å². The second-order valence-corrected chi connectivity index (χ2v) is 7.96. The van der Waals surface area contributed by atoms with Crippen molar-refractivity contribution in [1.29, 1.82) is 0 Å². The van der Waals surface area contributed by atoms with Crippen LogP contribution in [0.2, 0.25) is 0 Å². The van der Waals surface area contributed by atoms with Gasteiger partial charge in [-0.1, -0.05) is 29.8 Å². The van der Waals surface area contributed by atoms with Crippen molar-refractivity contribution in [2.45, 2.75) is 13.3 Å². The standard InChI is InChI=1S/C19H24N2O4S/c1-15-7-9-17(10-8-15)21(26(3,23)24)14-19(22)20-12-11-16-5-4-6-18(13-16)25-2/h4-10,13H,11-12,14H2,1-3H3,(H,20,22). The van der Waals surface area contributed by atoms with Gasteiger partial charge in [-0.3, -0.25) is 9.10 Å². The molecule has 6 nitrogen and oxygen atoms in total. The summed E-state index contributed by atoms with van der Waals surface area (Å²) in [7, 11) is -1.95. The molecule has 0 atom stereocenters. The number of carbonyl (C=O) groups excluding carboxylic acids is 1. The molecule has 26 heavy (non-hydrogen) atoms. The number of aryl methyl sites for hydroxylation is 1. The maximum Gasteiger partial charge on any atom is 0.240 e. The van der Waals surface area contributed by atoms with Crippen LogP contribution in [0.15, 0.2) is 48.5 Å². The van der Waals surface area contributed by atoms with Gasteiger partial charge >= 0.3 is 0 Å². The molecular formula is C19H24N2O4S. The normalized spacial score (nSPS) is 11.0. The predicted octanol–water partition coefficient (Wildman–Crippen LogP) is 2.13. The molecule has 0 aliphatic rings. The maximum absolute atomic E-state index is 12.2. The Hall–Kier alpha value is -2.54. The van der Waals surface area contributed by atoms with Gasteiger partial charge in [0, 0.05) is 6.54 Å². The van der Waals surface area contributed by atoms with Crippen LogP contribution < -0.4 is 14.4 Å². The molecule has 0 aromatic heterocycles. The second-order valence-electron chi connectivity index (χ2n) is 6.06. The number of carbonyl (C=O) groups is 1. The van der Waals surface area contributed by atoms with E-state index in [2.05, 4.69) is 5.32 Å². The SMILES string of the molecule is COc1cccc(CCNC(=O)CN(c2ccc(C)cc2)S(C)(=O)=O)c1. The van der Waals surface area contributed by atoms with Crippen LogP contribution in [0.5, 0.6) is 5.75 Å². The van der Waals surface area contributed by atoms with E-state index in [0.29, 0.717) is 18.7 Å². The minimum absolute atomic E-state index is 0.250. The number of sulfonamides is 1. The van der Waals surface area contributed by atoms with Gasteiger partial charge < -0.3 is 10.1 Å². The average Bonchev–Trinajstić information content (AvgIpc) is 2.60.